The minimum atomic E-state index is 1.18. The van der Waals surface area contributed by atoms with Gasteiger partial charge in [0.05, 0.1) is 0 Å². The van der Waals surface area contributed by atoms with Crippen molar-refractivity contribution in [3.8, 4) is 77.9 Å². The molecule has 0 N–H and O–H groups in total. The minimum absolute atomic E-state index is 1.18. The Labute approximate surface area is 394 Å². The van der Waals surface area contributed by atoms with Crippen molar-refractivity contribution < 1.29 is 0 Å². The second kappa shape index (κ2) is 16.3. The van der Waals surface area contributed by atoms with E-state index in [2.05, 4.69) is 255 Å². The van der Waals surface area contributed by atoms with Crippen LogP contribution in [0.25, 0.3) is 130 Å². The van der Waals surface area contributed by atoms with E-state index in [0.29, 0.717) is 0 Å². The fourth-order valence-electron chi connectivity index (χ4n) is 10.3. The molecule has 1 heteroatoms. The molecule has 0 nitrogen and oxygen atoms in total. The lowest BCUT2D eigenvalue weighted by Gasteiger charge is -2.15. The Bertz CT molecular complexity index is 3990. The maximum Gasteiger partial charge on any atom is 0.0433 e. The highest BCUT2D eigenvalue weighted by Crippen LogP contribution is 2.44. The van der Waals surface area contributed by atoms with Crippen molar-refractivity contribution in [2.75, 3.05) is 0 Å². The topological polar surface area (TPSA) is 0 Å². The summed E-state index contributed by atoms with van der Waals surface area (Å²) >= 11 is 1.89. The average Bonchev–Trinajstić information content (AvgIpc) is 3.80. The van der Waals surface area contributed by atoms with Crippen molar-refractivity contribution in [3.05, 3.63) is 255 Å². The fourth-order valence-corrected chi connectivity index (χ4v) is 11.6. The van der Waals surface area contributed by atoms with Gasteiger partial charge in [-0.25, -0.2) is 0 Å². The van der Waals surface area contributed by atoms with Crippen LogP contribution in [-0.2, 0) is 0 Å². The molecule has 0 fully saturated rings. The third-order valence-electron chi connectivity index (χ3n) is 13.6. The summed E-state index contributed by atoms with van der Waals surface area (Å²) in [5.74, 6) is 0. The summed E-state index contributed by atoms with van der Waals surface area (Å²) < 4.78 is 2.64. The Hall–Kier alpha value is -8.36. The molecular formula is C66H42S. The Balaban J connectivity index is 0.937. The summed E-state index contributed by atoms with van der Waals surface area (Å²) in [6, 6.07) is 94.1. The summed E-state index contributed by atoms with van der Waals surface area (Å²) in [6.07, 6.45) is 0. The van der Waals surface area contributed by atoms with E-state index in [1.165, 1.54) is 130 Å². The van der Waals surface area contributed by atoms with Gasteiger partial charge >= 0.3 is 0 Å². The van der Waals surface area contributed by atoms with Gasteiger partial charge < -0.3 is 0 Å². The summed E-state index contributed by atoms with van der Waals surface area (Å²) in [6.45, 7) is 0. The molecule has 0 saturated heterocycles. The van der Waals surface area contributed by atoms with Crippen molar-refractivity contribution in [2.24, 2.45) is 0 Å². The molecule has 0 aliphatic carbocycles. The van der Waals surface area contributed by atoms with Crippen LogP contribution in [0.15, 0.2) is 255 Å². The summed E-state index contributed by atoms with van der Waals surface area (Å²) in [5, 5.41) is 10.4. The fraction of sp³-hybridized carbons (Fsp3) is 0. The number of thiophene rings is 1. The van der Waals surface area contributed by atoms with Gasteiger partial charge in [0.1, 0.15) is 0 Å². The minimum Gasteiger partial charge on any atom is -0.135 e. The summed E-state index contributed by atoms with van der Waals surface area (Å²) in [7, 11) is 0. The largest absolute Gasteiger partial charge is 0.135 e. The quantitative estimate of drug-likeness (QED) is 0.140. The highest BCUT2D eigenvalue weighted by molar-refractivity contribution is 7.26. The van der Waals surface area contributed by atoms with Crippen LogP contribution in [0.5, 0.6) is 0 Å². The number of fused-ring (bicyclic) bond motifs is 9. The van der Waals surface area contributed by atoms with Gasteiger partial charge in [0.15, 0.2) is 0 Å². The first-order chi connectivity index (χ1) is 33.2. The molecule has 13 aromatic rings. The molecule has 0 unspecified atom stereocenters. The van der Waals surface area contributed by atoms with Crippen molar-refractivity contribution in [1.29, 1.82) is 0 Å². The van der Waals surface area contributed by atoms with Crippen LogP contribution in [-0.4, -0.2) is 0 Å². The number of benzene rings is 12. The van der Waals surface area contributed by atoms with Gasteiger partial charge in [-0.2, -0.15) is 0 Å². The second-order valence-corrected chi connectivity index (χ2v) is 18.7. The lowest BCUT2D eigenvalue weighted by Crippen LogP contribution is -1.90. The maximum absolute atomic E-state index is 2.40. The SMILES string of the molecule is c1ccc(-c2cc(-c3cccc(-c4cccc(-c5ccc6c7ccccc7c7ccccc7c6c5)c4)c3)cc(-c3cc(-c4ccccc4)cc(-c4cccc5c4sc4ccccc45)c3)c2)cc1. The van der Waals surface area contributed by atoms with Gasteiger partial charge in [0, 0.05) is 20.2 Å². The van der Waals surface area contributed by atoms with E-state index in [1.807, 2.05) is 11.3 Å². The molecule has 0 atom stereocenters. The van der Waals surface area contributed by atoms with Gasteiger partial charge in [-0.3, -0.25) is 0 Å². The van der Waals surface area contributed by atoms with Gasteiger partial charge in [-0.15, -0.1) is 11.3 Å². The number of hydrogen-bond acceptors (Lipinski definition) is 1. The van der Waals surface area contributed by atoms with Crippen LogP contribution in [0.1, 0.15) is 0 Å². The summed E-state index contributed by atoms with van der Waals surface area (Å²) in [5.41, 5.74) is 16.8. The molecule has 0 radical (unpaired) electrons. The lowest BCUT2D eigenvalue weighted by molar-refractivity contribution is 1.55. The highest BCUT2D eigenvalue weighted by atomic mass is 32.1. The van der Waals surface area contributed by atoms with E-state index in [0.717, 1.165) is 0 Å². The molecule has 13 rings (SSSR count). The van der Waals surface area contributed by atoms with Crippen LogP contribution in [0, 0.1) is 0 Å². The van der Waals surface area contributed by atoms with Gasteiger partial charge in [0.2, 0.25) is 0 Å². The molecule has 312 valence electrons. The standard InChI is InChI=1S/C66H42S/c1-3-16-43(17-4-1)50-36-52(39-53(37-50)54-38-51(44-18-5-2-6-19-44)40-55(41-54)56-29-15-30-63-62-28-11-12-31-65(62)67-66(56)63)48-23-14-21-46(35-48)45-20-13-22-47(34-45)49-32-33-61-59-26-8-7-24-57(59)58-25-9-10-27-60(58)64(61)42-49/h1-42H. The van der Waals surface area contributed by atoms with Crippen molar-refractivity contribution in [3.63, 3.8) is 0 Å². The van der Waals surface area contributed by atoms with Crippen LogP contribution in [0.3, 0.4) is 0 Å². The molecule has 0 amide bonds. The van der Waals surface area contributed by atoms with E-state index < -0.39 is 0 Å². The van der Waals surface area contributed by atoms with Crippen molar-refractivity contribution >= 4 is 63.8 Å². The summed E-state index contributed by atoms with van der Waals surface area (Å²) in [4.78, 5) is 0. The van der Waals surface area contributed by atoms with E-state index in [9.17, 15) is 0 Å². The first-order valence-electron chi connectivity index (χ1n) is 23.1. The second-order valence-electron chi connectivity index (χ2n) is 17.6. The molecule has 0 bridgehead atoms. The van der Waals surface area contributed by atoms with Gasteiger partial charge in [-0.05, 0) is 171 Å². The molecule has 0 aliphatic heterocycles. The predicted molar refractivity (Wildman–Crippen MR) is 290 cm³/mol. The molecule has 0 saturated carbocycles. The first-order valence-corrected chi connectivity index (χ1v) is 23.9. The van der Waals surface area contributed by atoms with Crippen LogP contribution < -0.4 is 0 Å². The molecule has 0 aliphatic rings. The highest BCUT2D eigenvalue weighted by Gasteiger charge is 2.16. The smallest absolute Gasteiger partial charge is 0.0433 e. The molecule has 1 aromatic heterocycles. The van der Waals surface area contributed by atoms with E-state index in [4.69, 9.17) is 0 Å². The Kier molecular flexibility index (Phi) is 9.48. The Morgan fingerprint density at radius 3 is 1.07 bits per heavy atom. The Morgan fingerprint density at radius 2 is 0.522 bits per heavy atom. The normalized spacial score (nSPS) is 11.6. The average molecular weight is 867 g/mol. The first kappa shape index (κ1) is 39.0. The van der Waals surface area contributed by atoms with Crippen LogP contribution >= 0.6 is 11.3 Å². The van der Waals surface area contributed by atoms with E-state index >= 15 is 0 Å². The van der Waals surface area contributed by atoms with E-state index in [1.54, 1.807) is 0 Å². The monoisotopic (exact) mass is 866 g/mol. The molecule has 67 heavy (non-hydrogen) atoms. The molecule has 0 spiro atoms. The number of hydrogen-bond donors (Lipinski definition) is 0. The third-order valence-corrected chi connectivity index (χ3v) is 14.8. The van der Waals surface area contributed by atoms with Gasteiger partial charge in [-0.1, -0.05) is 194 Å². The van der Waals surface area contributed by atoms with Crippen molar-refractivity contribution in [2.45, 2.75) is 0 Å². The predicted octanol–water partition coefficient (Wildman–Crippen LogP) is 19.2. The molecular weight excluding hydrogens is 825 g/mol. The molecule has 1 heterocycles. The third kappa shape index (κ3) is 7.00. The van der Waals surface area contributed by atoms with Gasteiger partial charge in [0.25, 0.3) is 0 Å². The molecule has 12 aromatic carbocycles. The lowest BCUT2D eigenvalue weighted by atomic mass is 9.89. The maximum atomic E-state index is 2.40. The number of rotatable bonds is 7. The zero-order chi connectivity index (χ0) is 44.3. The Morgan fingerprint density at radius 1 is 0.179 bits per heavy atom. The van der Waals surface area contributed by atoms with E-state index in [-0.39, 0.29) is 0 Å². The van der Waals surface area contributed by atoms with Crippen LogP contribution in [0.4, 0.5) is 0 Å². The zero-order valence-corrected chi connectivity index (χ0v) is 37.5. The zero-order valence-electron chi connectivity index (χ0n) is 36.7. The van der Waals surface area contributed by atoms with Crippen LogP contribution in [0.2, 0.25) is 0 Å². The van der Waals surface area contributed by atoms with Crippen molar-refractivity contribution in [1.82, 2.24) is 0 Å².